The lowest BCUT2D eigenvalue weighted by Crippen LogP contribution is -2.27. The second-order valence-electron chi connectivity index (χ2n) is 10.3. The number of phenolic OH excluding ortho intramolecular Hbond substituents is 4. The number of phenols is 4. The molecule has 1 aliphatic carbocycles. The van der Waals surface area contributed by atoms with Gasteiger partial charge in [0.1, 0.15) is 23.0 Å². The number of aromatic hydroxyl groups is 4. The zero-order chi connectivity index (χ0) is 31.0. The fourth-order valence-electron chi connectivity index (χ4n) is 4.62. The molecule has 0 saturated heterocycles. The largest absolute Gasteiger partial charge is 0.507 e. The summed E-state index contributed by atoms with van der Waals surface area (Å²) in [5, 5.41) is 38.8. The van der Waals surface area contributed by atoms with Gasteiger partial charge in [0.2, 0.25) is 0 Å². The van der Waals surface area contributed by atoms with E-state index in [0.29, 0.717) is 24.2 Å². The standard InChI is InChI=1S/C20H22N2O2.C16H16N2O2/c23-19-11-5-1-7-15(19)13-21-17-9-3-4-10-18(17)22-14-16-8-2-6-12-20(16)24;19-15-7-3-1-5-13(15)11-17-9-10-18-12-14-6-2-4-8-16(14)20/h1-2,5-8,11-14,17-18,23-24H,3-4,9-10H2;1-8,11-12,19-20H,9-10H2/b21-13+,22-14+;17-11-,18-12-. The van der Waals surface area contributed by atoms with Crippen molar-refractivity contribution in [3.05, 3.63) is 119 Å². The lowest BCUT2D eigenvalue weighted by Gasteiger charge is -2.25. The van der Waals surface area contributed by atoms with Gasteiger partial charge in [-0.2, -0.15) is 0 Å². The molecule has 5 rings (SSSR count). The molecule has 0 amide bonds. The number of nitrogens with zero attached hydrogens (tertiary/aromatic N) is 4. The van der Waals surface area contributed by atoms with E-state index >= 15 is 0 Å². The zero-order valence-corrected chi connectivity index (χ0v) is 24.5. The highest BCUT2D eigenvalue weighted by molar-refractivity contribution is 5.85. The van der Waals surface area contributed by atoms with Crippen LogP contribution in [-0.4, -0.2) is 70.5 Å². The van der Waals surface area contributed by atoms with Crippen molar-refractivity contribution in [2.24, 2.45) is 20.0 Å². The van der Waals surface area contributed by atoms with Crippen LogP contribution in [0.2, 0.25) is 0 Å². The number of benzene rings is 4. The molecule has 1 fully saturated rings. The van der Waals surface area contributed by atoms with E-state index in [1.54, 1.807) is 85.5 Å². The van der Waals surface area contributed by atoms with Gasteiger partial charge in [-0.1, -0.05) is 61.4 Å². The van der Waals surface area contributed by atoms with Crippen LogP contribution in [0.25, 0.3) is 0 Å². The average Bonchev–Trinajstić information content (AvgIpc) is 3.04. The zero-order valence-electron chi connectivity index (χ0n) is 24.5. The van der Waals surface area contributed by atoms with Gasteiger partial charge in [0.15, 0.2) is 0 Å². The van der Waals surface area contributed by atoms with Gasteiger partial charge >= 0.3 is 0 Å². The van der Waals surface area contributed by atoms with Gasteiger partial charge in [-0.3, -0.25) is 20.0 Å². The van der Waals surface area contributed by atoms with Crippen molar-refractivity contribution < 1.29 is 20.4 Å². The molecule has 1 aliphatic rings. The third-order valence-electron chi connectivity index (χ3n) is 7.07. The smallest absolute Gasteiger partial charge is 0.124 e. The second-order valence-corrected chi connectivity index (χ2v) is 10.3. The Hall–Kier alpha value is -5.24. The molecule has 4 aromatic carbocycles. The first-order valence-electron chi connectivity index (χ1n) is 14.7. The van der Waals surface area contributed by atoms with E-state index in [0.717, 1.165) is 36.8 Å². The maximum absolute atomic E-state index is 9.84. The molecular weight excluding hydrogens is 552 g/mol. The lowest BCUT2D eigenvalue weighted by molar-refractivity contribution is 0.390. The van der Waals surface area contributed by atoms with Crippen molar-refractivity contribution in [2.75, 3.05) is 13.1 Å². The topological polar surface area (TPSA) is 130 Å². The summed E-state index contributed by atoms with van der Waals surface area (Å²) in [5.41, 5.74) is 2.84. The Bertz CT molecular complexity index is 1480. The van der Waals surface area contributed by atoms with Crippen LogP contribution in [0.1, 0.15) is 47.9 Å². The van der Waals surface area contributed by atoms with Crippen molar-refractivity contribution in [3.8, 4) is 23.0 Å². The van der Waals surface area contributed by atoms with Gasteiger partial charge in [0.05, 0.1) is 25.2 Å². The van der Waals surface area contributed by atoms with E-state index < -0.39 is 0 Å². The minimum Gasteiger partial charge on any atom is -0.507 e. The molecule has 2 atom stereocenters. The first-order chi connectivity index (χ1) is 21.5. The molecule has 0 bridgehead atoms. The highest BCUT2D eigenvalue weighted by Crippen LogP contribution is 2.25. The van der Waals surface area contributed by atoms with Crippen molar-refractivity contribution >= 4 is 24.9 Å². The summed E-state index contributed by atoms with van der Waals surface area (Å²) >= 11 is 0. The Morgan fingerprint density at radius 2 is 0.750 bits per heavy atom. The van der Waals surface area contributed by atoms with E-state index in [2.05, 4.69) is 20.0 Å². The summed E-state index contributed by atoms with van der Waals surface area (Å²) < 4.78 is 0. The van der Waals surface area contributed by atoms with Crippen LogP contribution in [0.4, 0.5) is 0 Å². The Morgan fingerprint density at radius 3 is 1.07 bits per heavy atom. The van der Waals surface area contributed by atoms with Gasteiger partial charge in [-0.05, 0) is 61.4 Å². The number of aliphatic imine (C=N–C) groups is 4. The molecule has 2 unspecified atom stereocenters. The van der Waals surface area contributed by atoms with Crippen LogP contribution in [-0.2, 0) is 0 Å². The predicted octanol–water partition coefficient (Wildman–Crippen LogP) is 6.58. The van der Waals surface area contributed by atoms with Crippen LogP contribution in [0.3, 0.4) is 0 Å². The predicted molar refractivity (Wildman–Crippen MR) is 179 cm³/mol. The Labute approximate surface area is 258 Å². The first-order valence-corrected chi connectivity index (χ1v) is 14.7. The van der Waals surface area contributed by atoms with E-state index in [1.165, 1.54) is 0 Å². The highest BCUT2D eigenvalue weighted by Gasteiger charge is 2.23. The third kappa shape index (κ3) is 9.94. The summed E-state index contributed by atoms with van der Waals surface area (Å²) in [6, 6.07) is 28.7. The molecule has 8 nitrogen and oxygen atoms in total. The van der Waals surface area contributed by atoms with Crippen molar-refractivity contribution in [2.45, 2.75) is 37.8 Å². The van der Waals surface area contributed by atoms with E-state index in [4.69, 9.17) is 0 Å². The molecule has 0 heterocycles. The summed E-state index contributed by atoms with van der Waals surface area (Å²) in [5.74, 6) is 0.917. The van der Waals surface area contributed by atoms with E-state index in [-0.39, 0.29) is 35.1 Å². The molecule has 4 N–H and O–H groups in total. The second kappa shape index (κ2) is 17.0. The summed E-state index contributed by atoms with van der Waals surface area (Å²) in [7, 11) is 0. The molecule has 8 heteroatoms. The van der Waals surface area contributed by atoms with Gasteiger partial charge < -0.3 is 20.4 Å². The molecule has 0 aliphatic heterocycles. The Kier molecular flexibility index (Phi) is 12.3. The quantitative estimate of drug-likeness (QED) is 0.130. The lowest BCUT2D eigenvalue weighted by atomic mass is 9.91. The monoisotopic (exact) mass is 590 g/mol. The Morgan fingerprint density at radius 1 is 0.455 bits per heavy atom. The minimum atomic E-state index is 0.112. The van der Waals surface area contributed by atoms with Crippen LogP contribution >= 0.6 is 0 Å². The maximum atomic E-state index is 9.84. The number of para-hydroxylation sites is 4. The average molecular weight is 591 g/mol. The Balaban J connectivity index is 0.000000204. The first kappa shape index (κ1) is 31.7. The van der Waals surface area contributed by atoms with Crippen LogP contribution in [0.5, 0.6) is 23.0 Å². The number of hydrogen-bond acceptors (Lipinski definition) is 8. The molecule has 44 heavy (non-hydrogen) atoms. The van der Waals surface area contributed by atoms with Gasteiger partial charge in [-0.25, -0.2) is 0 Å². The van der Waals surface area contributed by atoms with Gasteiger partial charge in [0, 0.05) is 47.1 Å². The maximum Gasteiger partial charge on any atom is 0.124 e. The van der Waals surface area contributed by atoms with Gasteiger partial charge in [-0.15, -0.1) is 0 Å². The fraction of sp³-hybridized carbons (Fsp3) is 0.222. The highest BCUT2D eigenvalue weighted by atomic mass is 16.3. The molecule has 1 saturated carbocycles. The molecule has 0 spiro atoms. The van der Waals surface area contributed by atoms with Crippen LogP contribution in [0.15, 0.2) is 117 Å². The fourth-order valence-corrected chi connectivity index (χ4v) is 4.62. The number of hydrogen-bond donors (Lipinski definition) is 4. The molecular formula is C36H38N4O4. The van der Waals surface area contributed by atoms with Gasteiger partial charge in [0.25, 0.3) is 0 Å². The molecule has 0 radical (unpaired) electrons. The molecule has 226 valence electrons. The van der Waals surface area contributed by atoms with Crippen LogP contribution < -0.4 is 0 Å². The normalized spacial score (nSPS) is 16.9. The van der Waals surface area contributed by atoms with Crippen LogP contribution in [0, 0.1) is 0 Å². The molecule has 4 aromatic rings. The SMILES string of the molecule is Oc1ccccc1/C=N/C1CCCCC1/N=C/c1ccccc1O.Oc1ccccc1/C=N\CC/N=C\c1ccccc1O. The number of rotatable bonds is 9. The van der Waals surface area contributed by atoms with Crippen molar-refractivity contribution in [1.82, 2.24) is 0 Å². The van der Waals surface area contributed by atoms with E-state index in [9.17, 15) is 20.4 Å². The third-order valence-corrected chi connectivity index (χ3v) is 7.07. The summed E-state index contributed by atoms with van der Waals surface area (Å²) in [6.45, 7) is 1.05. The summed E-state index contributed by atoms with van der Waals surface area (Å²) in [4.78, 5) is 17.7. The summed E-state index contributed by atoms with van der Waals surface area (Å²) in [6.07, 6.45) is 11.0. The minimum absolute atomic E-state index is 0.112. The van der Waals surface area contributed by atoms with Crippen molar-refractivity contribution in [3.63, 3.8) is 0 Å². The molecule has 0 aromatic heterocycles. The van der Waals surface area contributed by atoms with E-state index in [1.807, 2.05) is 36.4 Å². The van der Waals surface area contributed by atoms with Crippen molar-refractivity contribution in [1.29, 1.82) is 0 Å².